The van der Waals surface area contributed by atoms with E-state index in [2.05, 4.69) is 22.4 Å². The molecule has 0 radical (unpaired) electrons. The van der Waals surface area contributed by atoms with Gasteiger partial charge in [-0.15, -0.1) is 0 Å². The summed E-state index contributed by atoms with van der Waals surface area (Å²) in [5.74, 6) is -0.0581. The summed E-state index contributed by atoms with van der Waals surface area (Å²) in [6.45, 7) is -0.141. The number of nitrogens with zero attached hydrogens (tertiary/aromatic N) is 1. The molecule has 5 rings (SSSR count). The van der Waals surface area contributed by atoms with Gasteiger partial charge in [0, 0.05) is 29.3 Å². The van der Waals surface area contributed by atoms with Gasteiger partial charge in [-0.2, -0.15) is 0 Å². The average Bonchev–Trinajstić information content (AvgIpc) is 3.05. The second-order valence-corrected chi connectivity index (χ2v) is 12.3. The second kappa shape index (κ2) is 15.9. The first-order chi connectivity index (χ1) is 21.7. The van der Waals surface area contributed by atoms with Gasteiger partial charge in [-0.3, -0.25) is 9.78 Å². The first kappa shape index (κ1) is 33.3. The third kappa shape index (κ3) is 9.42. The topological polar surface area (TPSA) is 124 Å². The van der Waals surface area contributed by atoms with Gasteiger partial charge in [0.2, 0.25) is 0 Å². The van der Waals surface area contributed by atoms with Crippen molar-refractivity contribution in [3.8, 4) is 17.2 Å². The summed E-state index contributed by atoms with van der Waals surface area (Å²) in [5.41, 5.74) is 2.30. The largest absolute Gasteiger partial charge is 0.504 e. The van der Waals surface area contributed by atoms with E-state index in [1.807, 2.05) is 30.5 Å². The highest BCUT2D eigenvalue weighted by atomic mass is 35.5. The number of phenols is 1. The summed E-state index contributed by atoms with van der Waals surface area (Å²) < 4.78 is 40.7. The van der Waals surface area contributed by atoms with Crippen molar-refractivity contribution in [1.29, 1.82) is 0 Å². The van der Waals surface area contributed by atoms with E-state index in [-0.39, 0.29) is 34.6 Å². The van der Waals surface area contributed by atoms with Gasteiger partial charge in [-0.1, -0.05) is 35.9 Å². The Labute approximate surface area is 267 Å². The molecule has 0 spiro atoms. The summed E-state index contributed by atoms with van der Waals surface area (Å²) in [4.78, 5) is 17.2. The number of methoxy groups -OCH3 is 2. The number of pyridine rings is 1. The highest BCUT2D eigenvalue weighted by Gasteiger charge is 2.18. The van der Waals surface area contributed by atoms with Gasteiger partial charge in [-0.05, 0) is 91.2 Å². The lowest BCUT2D eigenvalue weighted by Crippen LogP contribution is -2.14. The van der Waals surface area contributed by atoms with E-state index in [1.54, 1.807) is 30.3 Å². The van der Waals surface area contributed by atoms with E-state index in [9.17, 15) is 18.3 Å². The number of sulfone groups is 1. The standard InChI is InChI=1S/C25H26ClNO7S.C9H7N/c1-32-16-34-24-22(27-25(29)18-5-9-20(33-2)10-6-18)14-17(15-23(24)28)4-3-13-35(30,31)21-11-7-19(26)8-12-21;1-2-6-9-8(4-1)5-3-7-10-9/h5-12,14-15,28H,3-4,13,16H2,1-2H3,(H,27,29);1-7H. The molecule has 0 aliphatic carbocycles. The lowest BCUT2D eigenvalue weighted by Gasteiger charge is -2.16. The van der Waals surface area contributed by atoms with E-state index < -0.39 is 15.7 Å². The van der Waals surface area contributed by atoms with Crippen LogP contribution in [0.4, 0.5) is 5.69 Å². The SMILES string of the molecule is COCOc1c(O)cc(CCCS(=O)(=O)c2ccc(Cl)cc2)cc1NC(=O)c1ccc(OC)cc1.c1ccc2ncccc2c1. The molecule has 0 fully saturated rings. The van der Waals surface area contributed by atoms with Crippen molar-refractivity contribution in [2.75, 3.05) is 32.1 Å². The predicted molar refractivity (Wildman–Crippen MR) is 175 cm³/mol. The molecule has 0 bridgehead atoms. The number of aromatic hydroxyl groups is 1. The quantitative estimate of drug-likeness (QED) is 0.148. The monoisotopic (exact) mass is 648 g/mol. The first-order valence-electron chi connectivity index (χ1n) is 13.9. The fraction of sp³-hybridized carbons (Fsp3) is 0.176. The molecule has 0 saturated heterocycles. The van der Waals surface area contributed by atoms with E-state index >= 15 is 0 Å². The van der Waals surface area contributed by atoms with Gasteiger partial charge in [0.1, 0.15) is 5.75 Å². The molecule has 0 aliphatic heterocycles. The second-order valence-electron chi connectivity index (χ2n) is 9.80. The van der Waals surface area contributed by atoms with Crippen LogP contribution in [-0.2, 0) is 21.0 Å². The maximum Gasteiger partial charge on any atom is 0.255 e. The lowest BCUT2D eigenvalue weighted by atomic mass is 10.1. The van der Waals surface area contributed by atoms with E-state index in [1.165, 1.54) is 49.9 Å². The molecular formula is C34H33ClN2O7S. The number of benzene rings is 4. The number of rotatable bonds is 11. The zero-order valence-electron chi connectivity index (χ0n) is 24.8. The molecule has 0 saturated carbocycles. The minimum absolute atomic E-state index is 0.0475. The fourth-order valence-corrected chi connectivity index (χ4v) is 5.79. The Morgan fingerprint density at radius 3 is 2.33 bits per heavy atom. The Morgan fingerprint density at radius 1 is 0.933 bits per heavy atom. The number of carbonyl (C=O) groups excluding carboxylic acids is 1. The van der Waals surface area contributed by atoms with Gasteiger partial charge < -0.3 is 24.6 Å². The molecule has 1 amide bonds. The molecule has 234 valence electrons. The highest BCUT2D eigenvalue weighted by Crippen LogP contribution is 2.37. The fourth-order valence-electron chi connectivity index (χ4n) is 4.36. The molecule has 0 atom stereocenters. The smallest absolute Gasteiger partial charge is 0.255 e. The molecule has 9 nitrogen and oxygen atoms in total. The minimum atomic E-state index is -3.49. The third-order valence-corrected chi connectivity index (χ3v) is 8.68. The molecule has 5 aromatic rings. The van der Waals surface area contributed by atoms with Gasteiger partial charge >= 0.3 is 0 Å². The van der Waals surface area contributed by atoms with Gasteiger partial charge in [0.05, 0.1) is 29.0 Å². The zero-order chi connectivity index (χ0) is 32.2. The molecular weight excluding hydrogens is 616 g/mol. The molecule has 1 aromatic heterocycles. The van der Waals surface area contributed by atoms with Crippen LogP contribution in [0.2, 0.25) is 5.02 Å². The van der Waals surface area contributed by atoms with E-state index in [0.717, 1.165) is 5.52 Å². The van der Waals surface area contributed by atoms with E-state index in [0.29, 0.717) is 34.7 Å². The highest BCUT2D eigenvalue weighted by molar-refractivity contribution is 7.91. The lowest BCUT2D eigenvalue weighted by molar-refractivity contribution is 0.0496. The van der Waals surface area contributed by atoms with Crippen LogP contribution in [0.3, 0.4) is 0 Å². The van der Waals surface area contributed by atoms with Crippen molar-refractivity contribution < 1.29 is 32.5 Å². The van der Waals surface area contributed by atoms with Crippen molar-refractivity contribution in [2.24, 2.45) is 0 Å². The van der Waals surface area contributed by atoms with Crippen molar-refractivity contribution in [3.63, 3.8) is 0 Å². The average molecular weight is 649 g/mol. The number of phenolic OH excluding ortho intramolecular Hbond substituents is 1. The molecule has 2 N–H and O–H groups in total. The molecule has 0 aliphatic rings. The van der Waals surface area contributed by atoms with Crippen molar-refractivity contribution in [2.45, 2.75) is 17.7 Å². The Balaban J connectivity index is 0.000000385. The molecule has 4 aromatic carbocycles. The summed E-state index contributed by atoms with van der Waals surface area (Å²) in [5, 5.41) is 14.9. The molecule has 0 unspecified atom stereocenters. The summed E-state index contributed by atoms with van der Waals surface area (Å²) >= 11 is 5.84. The molecule has 1 heterocycles. The Morgan fingerprint density at radius 2 is 1.64 bits per heavy atom. The Kier molecular flexibility index (Phi) is 11.7. The van der Waals surface area contributed by atoms with E-state index in [4.69, 9.17) is 25.8 Å². The summed E-state index contributed by atoms with van der Waals surface area (Å²) in [6.07, 6.45) is 2.45. The number of fused-ring (bicyclic) bond motifs is 1. The number of halogens is 1. The van der Waals surface area contributed by atoms with Crippen molar-refractivity contribution in [3.05, 3.63) is 119 Å². The van der Waals surface area contributed by atoms with Crippen molar-refractivity contribution in [1.82, 2.24) is 4.98 Å². The maximum atomic E-state index is 12.8. The number of amides is 1. The third-order valence-electron chi connectivity index (χ3n) is 6.61. The number of anilines is 1. The van der Waals surface area contributed by atoms with Gasteiger partial charge in [0.25, 0.3) is 5.91 Å². The van der Waals surface area contributed by atoms with Gasteiger partial charge in [0.15, 0.2) is 28.1 Å². The van der Waals surface area contributed by atoms with Gasteiger partial charge in [-0.25, -0.2) is 8.42 Å². The Bertz CT molecular complexity index is 1770. The number of hydrogen-bond donors (Lipinski definition) is 2. The first-order valence-corrected chi connectivity index (χ1v) is 15.9. The van der Waals surface area contributed by atoms with Crippen LogP contribution in [0.25, 0.3) is 10.9 Å². The minimum Gasteiger partial charge on any atom is -0.504 e. The van der Waals surface area contributed by atoms with Crippen molar-refractivity contribution >= 4 is 43.9 Å². The zero-order valence-corrected chi connectivity index (χ0v) is 26.3. The number of aryl methyl sites for hydroxylation is 1. The van der Waals surface area contributed by atoms with Crippen LogP contribution in [0.1, 0.15) is 22.3 Å². The number of aromatic nitrogens is 1. The molecule has 11 heteroatoms. The maximum absolute atomic E-state index is 12.8. The molecule has 45 heavy (non-hydrogen) atoms. The summed E-state index contributed by atoms with van der Waals surface area (Å²) in [6, 6.07) is 27.7. The Hall–Kier alpha value is -4.64. The number of carbonyl (C=O) groups is 1. The van der Waals surface area contributed by atoms with Crippen LogP contribution >= 0.6 is 11.6 Å². The predicted octanol–water partition coefficient (Wildman–Crippen LogP) is 6.93. The van der Waals surface area contributed by atoms with Crippen LogP contribution in [0.5, 0.6) is 17.2 Å². The number of nitrogens with one attached hydrogen (secondary N) is 1. The number of hydrogen-bond acceptors (Lipinski definition) is 8. The number of ether oxygens (including phenoxy) is 3. The summed E-state index contributed by atoms with van der Waals surface area (Å²) in [7, 11) is -0.527. The normalized spacial score (nSPS) is 10.9. The van der Waals surface area contributed by atoms with Crippen LogP contribution < -0.4 is 14.8 Å². The van der Waals surface area contributed by atoms with Crippen LogP contribution in [0, 0.1) is 0 Å². The number of para-hydroxylation sites is 1. The van der Waals surface area contributed by atoms with Crippen LogP contribution in [0.15, 0.2) is 108 Å². The van der Waals surface area contributed by atoms with Crippen LogP contribution in [-0.4, -0.2) is 51.2 Å².